The van der Waals surface area contributed by atoms with Crippen LogP contribution in [0.2, 0.25) is 0 Å². The van der Waals surface area contributed by atoms with E-state index in [0.29, 0.717) is 6.04 Å². The fraction of sp³-hybridized carbons (Fsp3) is 0.654. The summed E-state index contributed by atoms with van der Waals surface area (Å²) in [7, 11) is 0. The molecule has 5 heteroatoms. The van der Waals surface area contributed by atoms with E-state index in [9.17, 15) is 9.90 Å². The molecule has 3 atom stereocenters. The van der Waals surface area contributed by atoms with E-state index in [4.69, 9.17) is 0 Å². The molecule has 2 N–H and O–H groups in total. The number of hydrogen-bond acceptors (Lipinski definition) is 3. The van der Waals surface area contributed by atoms with Gasteiger partial charge in [0.25, 0.3) is 0 Å². The number of amides is 2. The number of aliphatic hydroxyl groups is 1. The minimum Gasteiger partial charge on any atom is -0.395 e. The first-order valence-electron chi connectivity index (χ1n) is 12.2. The van der Waals surface area contributed by atoms with Crippen molar-refractivity contribution in [2.24, 2.45) is 0 Å². The van der Waals surface area contributed by atoms with Crippen molar-refractivity contribution in [1.82, 2.24) is 15.1 Å². The van der Waals surface area contributed by atoms with E-state index < -0.39 is 0 Å². The van der Waals surface area contributed by atoms with E-state index in [1.54, 1.807) is 0 Å². The molecule has 2 amide bonds. The molecule has 2 saturated heterocycles. The molecular weight excluding hydrogens is 386 g/mol. The predicted molar refractivity (Wildman–Crippen MR) is 124 cm³/mol. The Morgan fingerprint density at radius 1 is 1.13 bits per heavy atom. The molecule has 0 unspecified atom stereocenters. The SMILES string of the molecule is CCCC#Cc1ccc([C@@H]2[C@H]3CN(C(=O)NC4CCCC4)CCCCN3[C@H]2CO)cc1. The van der Waals surface area contributed by atoms with Crippen molar-refractivity contribution in [1.29, 1.82) is 0 Å². The lowest BCUT2D eigenvalue weighted by atomic mass is 9.74. The second kappa shape index (κ2) is 10.5. The summed E-state index contributed by atoms with van der Waals surface area (Å²) in [6.07, 6.45) is 8.76. The summed E-state index contributed by atoms with van der Waals surface area (Å²) in [6, 6.07) is 9.39. The minimum absolute atomic E-state index is 0.0986. The van der Waals surface area contributed by atoms with Crippen molar-refractivity contribution in [3.05, 3.63) is 35.4 Å². The summed E-state index contributed by atoms with van der Waals surface area (Å²) in [4.78, 5) is 17.4. The van der Waals surface area contributed by atoms with Crippen LogP contribution >= 0.6 is 0 Å². The van der Waals surface area contributed by atoms with Gasteiger partial charge >= 0.3 is 6.03 Å². The smallest absolute Gasteiger partial charge is 0.317 e. The maximum absolute atomic E-state index is 13.0. The molecule has 2 aliphatic heterocycles. The van der Waals surface area contributed by atoms with Gasteiger partial charge in [-0.05, 0) is 56.3 Å². The molecule has 0 radical (unpaired) electrons. The number of fused-ring (bicyclic) bond motifs is 1. The van der Waals surface area contributed by atoms with Gasteiger partial charge in [0.05, 0.1) is 6.61 Å². The first kappa shape index (κ1) is 22.2. The summed E-state index contributed by atoms with van der Waals surface area (Å²) in [5, 5.41) is 13.4. The summed E-state index contributed by atoms with van der Waals surface area (Å²) in [5.41, 5.74) is 2.29. The average molecular weight is 424 g/mol. The Hall–Kier alpha value is -2.03. The van der Waals surface area contributed by atoms with Crippen LogP contribution in [-0.4, -0.2) is 65.3 Å². The third-order valence-corrected chi connectivity index (χ3v) is 7.24. The molecule has 5 nitrogen and oxygen atoms in total. The normalized spacial score (nSPS) is 26.8. The number of aliphatic hydroxyl groups excluding tert-OH is 1. The highest BCUT2D eigenvalue weighted by Gasteiger charge is 2.49. The van der Waals surface area contributed by atoms with Gasteiger partial charge < -0.3 is 15.3 Å². The lowest BCUT2D eigenvalue weighted by Crippen LogP contribution is -2.68. The number of urea groups is 1. The summed E-state index contributed by atoms with van der Waals surface area (Å²) < 4.78 is 0. The molecule has 0 bridgehead atoms. The molecule has 1 aromatic rings. The Balaban J connectivity index is 1.47. The zero-order valence-corrected chi connectivity index (χ0v) is 18.9. The molecule has 31 heavy (non-hydrogen) atoms. The van der Waals surface area contributed by atoms with Gasteiger partial charge in [-0.25, -0.2) is 4.79 Å². The predicted octanol–water partition coefficient (Wildman–Crippen LogP) is 3.71. The van der Waals surface area contributed by atoms with Gasteiger partial charge in [-0.2, -0.15) is 0 Å². The molecule has 4 rings (SSSR count). The van der Waals surface area contributed by atoms with Gasteiger partial charge in [0.15, 0.2) is 0 Å². The minimum atomic E-state index is 0.0986. The third-order valence-electron chi connectivity index (χ3n) is 7.24. The summed E-state index contributed by atoms with van der Waals surface area (Å²) in [5.74, 6) is 6.69. The number of benzene rings is 1. The Morgan fingerprint density at radius 2 is 1.87 bits per heavy atom. The lowest BCUT2D eigenvalue weighted by molar-refractivity contribution is -0.0591. The summed E-state index contributed by atoms with van der Waals surface area (Å²) >= 11 is 0. The van der Waals surface area contributed by atoms with Crippen molar-refractivity contribution < 1.29 is 9.90 Å². The first-order chi connectivity index (χ1) is 15.2. The van der Waals surface area contributed by atoms with Crippen molar-refractivity contribution in [2.75, 3.05) is 26.2 Å². The van der Waals surface area contributed by atoms with E-state index in [1.807, 2.05) is 4.90 Å². The topological polar surface area (TPSA) is 55.8 Å². The molecule has 1 aliphatic carbocycles. The van der Waals surface area contributed by atoms with Crippen LogP contribution in [0.4, 0.5) is 4.79 Å². The maximum atomic E-state index is 13.0. The maximum Gasteiger partial charge on any atom is 0.317 e. The fourth-order valence-electron chi connectivity index (χ4n) is 5.54. The van der Waals surface area contributed by atoms with Crippen molar-refractivity contribution in [2.45, 2.75) is 82.3 Å². The first-order valence-corrected chi connectivity index (χ1v) is 12.2. The quantitative estimate of drug-likeness (QED) is 0.726. The van der Waals surface area contributed by atoms with Gasteiger partial charge in [0.2, 0.25) is 0 Å². The molecule has 2 heterocycles. The summed E-state index contributed by atoms with van der Waals surface area (Å²) in [6.45, 7) is 4.86. The zero-order valence-electron chi connectivity index (χ0n) is 18.9. The highest BCUT2D eigenvalue weighted by Crippen LogP contribution is 2.42. The van der Waals surface area contributed by atoms with Gasteiger partial charge in [-0.1, -0.05) is 43.7 Å². The second-order valence-electron chi connectivity index (χ2n) is 9.34. The molecule has 0 aromatic heterocycles. The Kier molecular flexibility index (Phi) is 7.53. The Labute approximate surface area is 187 Å². The number of nitrogens with one attached hydrogen (secondary N) is 1. The lowest BCUT2D eigenvalue weighted by Gasteiger charge is -2.57. The third kappa shape index (κ3) is 5.07. The number of carbonyl (C=O) groups is 1. The molecule has 3 aliphatic rings. The number of carbonyl (C=O) groups excluding carboxylic acids is 1. The number of unbranched alkanes of at least 4 members (excludes halogenated alkanes) is 1. The van der Waals surface area contributed by atoms with Crippen LogP contribution in [0.1, 0.15) is 75.3 Å². The Bertz CT molecular complexity index is 791. The van der Waals surface area contributed by atoms with Crippen LogP contribution < -0.4 is 5.32 Å². The Morgan fingerprint density at radius 3 is 2.58 bits per heavy atom. The van der Waals surface area contributed by atoms with E-state index in [1.165, 1.54) is 18.4 Å². The van der Waals surface area contributed by atoms with Crippen molar-refractivity contribution >= 4 is 6.03 Å². The molecule has 1 aromatic carbocycles. The van der Waals surface area contributed by atoms with E-state index in [-0.39, 0.29) is 30.6 Å². The molecule has 0 spiro atoms. The van der Waals surface area contributed by atoms with Gasteiger partial charge in [0.1, 0.15) is 0 Å². The number of rotatable bonds is 4. The van der Waals surface area contributed by atoms with Crippen molar-refractivity contribution in [3.63, 3.8) is 0 Å². The van der Waals surface area contributed by atoms with Gasteiger partial charge in [-0.15, -0.1) is 0 Å². The van der Waals surface area contributed by atoms with E-state index in [2.05, 4.69) is 53.2 Å². The fourth-order valence-corrected chi connectivity index (χ4v) is 5.54. The van der Waals surface area contributed by atoms with Crippen LogP contribution in [0.5, 0.6) is 0 Å². The van der Waals surface area contributed by atoms with Crippen LogP contribution in [0.15, 0.2) is 24.3 Å². The number of hydrogen-bond donors (Lipinski definition) is 2. The van der Waals surface area contributed by atoms with Crippen LogP contribution in [0.3, 0.4) is 0 Å². The molecule has 1 saturated carbocycles. The average Bonchev–Trinajstić information content (AvgIpc) is 3.27. The monoisotopic (exact) mass is 423 g/mol. The van der Waals surface area contributed by atoms with E-state index >= 15 is 0 Å². The standard InChI is InChI=1S/C26H37N3O2/c1-2-3-4-9-20-12-14-21(15-13-20)25-23-18-28(26(31)27-22-10-5-6-11-22)16-7-8-17-29(23)24(25)19-30/h12-15,22-25,30H,2-3,5-8,10-11,16-19H2,1H3,(H,27,31)/t23-,24+,25-/m1/s1. The van der Waals surface area contributed by atoms with Crippen LogP contribution in [-0.2, 0) is 0 Å². The van der Waals surface area contributed by atoms with Crippen LogP contribution in [0.25, 0.3) is 0 Å². The molecule has 3 fully saturated rings. The van der Waals surface area contributed by atoms with Crippen LogP contribution in [0, 0.1) is 11.8 Å². The second-order valence-corrected chi connectivity index (χ2v) is 9.34. The molecular formula is C26H37N3O2. The van der Waals surface area contributed by atoms with E-state index in [0.717, 1.165) is 63.7 Å². The number of nitrogens with zero attached hydrogens (tertiary/aromatic N) is 2. The van der Waals surface area contributed by atoms with Gasteiger partial charge in [0, 0.05) is 49.1 Å². The zero-order chi connectivity index (χ0) is 21.6. The highest BCUT2D eigenvalue weighted by atomic mass is 16.3. The largest absolute Gasteiger partial charge is 0.395 e. The molecule has 168 valence electrons. The van der Waals surface area contributed by atoms with Gasteiger partial charge in [-0.3, -0.25) is 4.90 Å². The highest BCUT2D eigenvalue weighted by molar-refractivity contribution is 5.74. The van der Waals surface area contributed by atoms with Crippen molar-refractivity contribution in [3.8, 4) is 11.8 Å².